The number of nitrogens with zero attached hydrogens (tertiary/aromatic N) is 3. The van der Waals surface area contributed by atoms with Gasteiger partial charge < -0.3 is 14.7 Å². The van der Waals surface area contributed by atoms with E-state index in [9.17, 15) is 9.59 Å². The molecule has 0 N–H and O–H groups in total. The van der Waals surface area contributed by atoms with Gasteiger partial charge in [-0.25, -0.2) is 0 Å². The number of rotatable bonds is 7. The van der Waals surface area contributed by atoms with Crippen molar-refractivity contribution in [2.45, 2.75) is 86.7 Å². The molecule has 3 rings (SSSR count). The van der Waals surface area contributed by atoms with Crippen LogP contribution < -0.4 is 0 Å². The molecule has 0 spiro atoms. The molecule has 0 aromatic carbocycles. The topological polar surface area (TPSA) is 43.9 Å². The van der Waals surface area contributed by atoms with Crippen molar-refractivity contribution in [1.82, 2.24) is 14.7 Å². The van der Waals surface area contributed by atoms with Crippen LogP contribution in [0.3, 0.4) is 0 Å². The van der Waals surface area contributed by atoms with E-state index in [1.807, 2.05) is 33.3 Å². The van der Waals surface area contributed by atoms with E-state index in [0.29, 0.717) is 6.04 Å². The lowest BCUT2D eigenvalue weighted by molar-refractivity contribution is -0.135. The van der Waals surface area contributed by atoms with Gasteiger partial charge >= 0.3 is 0 Å². The molecular weight excluding hydrogens is 378 g/mol. The summed E-state index contributed by atoms with van der Waals surface area (Å²) in [6, 6.07) is 1.00. The van der Waals surface area contributed by atoms with Gasteiger partial charge in [0.25, 0.3) is 0 Å². The van der Waals surface area contributed by atoms with Crippen LogP contribution in [0.5, 0.6) is 0 Å². The third kappa shape index (κ3) is 4.61. The summed E-state index contributed by atoms with van der Waals surface area (Å²) in [4.78, 5) is 31.1. The van der Waals surface area contributed by atoms with Crippen molar-refractivity contribution in [1.29, 1.82) is 0 Å². The van der Waals surface area contributed by atoms with E-state index < -0.39 is 4.33 Å². The van der Waals surface area contributed by atoms with Crippen LogP contribution in [0.1, 0.15) is 64.2 Å². The van der Waals surface area contributed by atoms with Crippen LogP contribution >= 0.6 is 23.5 Å². The second-order valence-corrected chi connectivity index (χ2v) is 11.0. The third-order valence-corrected chi connectivity index (χ3v) is 9.88. The molecule has 1 heterocycles. The average Bonchev–Trinajstić information content (AvgIpc) is 2.71. The van der Waals surface area contributed by atoms with Gasteiger partial charge in [-0.3, -0.25) is 9.59 Å². The monoisotopic (exact) mass is 413 g/mol. The Bertz CT molecular complexity index is 454. The quantitative estimate of drug-likeness (QED) is 0.471. The largest absolute Gasteiger partial charge is 0.305 e. The van der Waals surface area contributed by atoms with Crippen LogP contribution in [0.4, 0.5) is 0 Å². The SMILES string of the molecule is CN(C)C1CSC(N(C=O)C2CCCCC2)(N(C=O)C2CCCCC2)SC1. The van der Waals surface area contributed by atoms with E-state index in [4.69, 9.17) is 0 Å². The first-order valence-corrected chi connectivity index (χ1v) is 12.5. The van der Waals surface area contributed by atoms with Gasteiger partial charge in [0, 0.05) is 29.6 Å². The van der Waals surface area contributed by atoms with Crippen LogP contribution in [0.2, 0.25) is 0 Å². The van der Waals surface area contributed by atoms with Crippen molar-refractivity contribution >= 4 is 36.3 Å². The third-order valence-electron chi connectivity index (χ3n) is 6.47. The smallest absolute Gasteiger partial charge is 0.215 e. The van der Waals surface area contributed by atoms with E-state index >= 15 is 0 Å². The Hall–Kier alpha value is -0.400. The molecule has 0 unspecified atom stereocenters. The van der Waals surface area contributed by atoms with Gasteiger partial charge in [-0.1, -0.05) is 62.0 Å². The summed E-state index contributed by atoms with van der Waals surface area (Å²) in [6.45, 7) is 0. The van der Waals surface area contributed by atoms with Gasteiger partial charge in [-0.15, -0.1) is 0 Å². The maximum absolute atomic E-state index is 12.4. The van der Waals surface area contributed by atoms with E-state index in [1.165, 1.54) is 38.5 Å². The average molecular weight is 414 g/mol. The van der Waals surface area contributed by atoms with Crippen molar-refractivity contribution in [2.24, 2.45) is 0 Å². The van der Waals surface area contributed by atoms with Crippen LogP contribution in [-0.4, -0.2) is 75.6 Å². The molecule has 1 aliphatic heterocycles. The zero-order chi connectivity index (χ0) is 19.3. The van der Waals surface area contributed by atoms with Gasteiger partial charge in [0.2, 0.25) is 17.1 Å². The number of hydrogen-bond acceptors (Lipinski definition) is 5. The molecule has 3 aliphatic rings. The van der Waals surface area contributed by atoms with Gasteiger partial charge in [-0.2, -0.15) is 0 Å². The molecule has 0 radical (unpaired) electrons. The Labute approximate surface area is 173 Å². The molecule has 0 aromatic rings. The van der Waals surface area contributed by atoms with Crippen LogP contribution in [-0.2, 0) is 9.59 Å². The molecule has 2 saturated carbocycles. The first-order valence-electron chi connectivity index (χ1n) is 10.5. The molecule has 27 heavy (non-hydrogen) atoms. The summed E-state index contributed by atoms with van der Waals surface area (Å²) in [5, 5.41) is 0. The highest BCUT2D eigenvalue weighted by Gasteiger charge is 2.51. The Kier molecular flexibility index (Phi) is 7.80. The van der Waals surface area contributed by atoms with E-state index in [2.05, 4.69) is 19.0 Å². The normalized spacial score (nSPS) is 25.3. The molecule has 0 aromatic heterocycles. The lowest BCUT2D eigenvalue weighted by atomic mass is 9.93. The molecule has 5 nitrogen and oxygen atoms in total. The zero-order valence-electron chi connectivity index (χ0n) is 16.8. The van der Waals surface area contributed by atoms with Gasteiger partial charge in [0.1, 0.15) is 0 Å². The minimum absolute atomic E-state index is 0.262. The lowest BCUT2D eigenvalue weighted by Gasteiger charge is -2.55. The molecule has 0 bridgehead atoms. The number of carbonyl (C=O) groups is 2. The molecule has 2 amide bonds. The van der Waals surface area contributed by atoms with Crippen molar-refractivity contribution < 1.29 is 9.59 Å². The van der Waals surface area contributed by atoms with Crippen molar-refractivity contribution in [3.8, 4) is 0 Å². The van der Waals surface area contributed by atoms with Crippen molar-refractivity contribution in [3.05, 3.63) is 0 Å². The number of thioether (sulfide) groups is 2. The van der Waals surface area contributed by atoms with E-state index in [0.717, 1.165) is 50.0 Å². The standard InChI is InChI=1S/C20H35N3O2S2/c1-21(2)19-13-26-20(27-14-19,22(15-24)17-9-5-3-6-10-17)23(16-25)18-11-7-4-8-12-18/h15-19H,3-14H2,1-2H3. The lowest BCUT2D eigenvalue weighted by Crippen LogP contribution is -2.64. The van der Waals surface area contributed by atoms with Gasteiger partial charge in [-0.05, 0) is 39.8 Å². The summed E-state index contributed by atoms with van der Waals surface area (Å²) in [6.07, 6.45) is 13.6. The molecule has 1 saturated heterocycles. The van der Waals surface area contributed by atoms with Crippen molar-refractivity contribution in [2.75, 3.05) is 25.6 Å². The predicted octanol–water partition coefficient (Wildman–Crippen LogP) is 3.59. The summed E-state index contributed by atoms with van der Waals surface area (Å²) >= 11 is 3.62. The molecule has 3 fully saturated rings. The fourth-order valence-electron chi connectivity index (χ4n) is 4.71. The summed E-state index contributed by atoms with van der Waals surface area (Å²) < 4.78 is -0.569. The molecule has 0 atom stereocenters. The molecular formula is C20H35N3O2S2. The first-order chi connectivity index (χ1) is 13.1. The minimum Gasteiger partial charge on any atom is -0.305 e. The van der Waals surface area contributed by atoms with Crippen LogP contribution in [0.25, 0.3) is 0 Å². The minimum atomic E-state index is -0.569. The predicted molar refractivity (Wildman–Crippen MR) is 115 cm³/mol. The van der Waals surface area contributed by atoms with E-state index in [-0.39, 0.29) is 12.1 Å². The highest BCUT2D eigenvalue weighted by Crippen LogP contribution is 2.50. The van der Waals surface area contributed by atoms with Gasteiger partial charge in [0.05, 0.1) is 0 Å². The molecule has 2 aliphatic carbocycles. The van der Waals surface area contributed by atoms with E-state index in [1.54, 1.807) is 0 Å². The van der Waals surface area contributed by atoms with Crippen LogP contribution in [0.15, 0.2) is 0 Å². The summed E-state index contributed by atoms with van der Waals surface area (Å²) in [7, 11) is 4.24. The second kappa shape index (κ2) is 9.88. The first kappa shape index (κ1) is 21.3. The fraction of sp³-hybridized carbons (Fsp3) is 0.900. The summed E-state index contributed by atoms with van der Waals surface area (Å²) in [5.74, 6) is 1.90. The maximum atomic E-state index is 12.4. The highest BCUT2D eigenvalue weighted by molar-refractivity contribution is 8.18. The maximum Gasteiger partial charge on any atom is 0.215 e. The van der Waals surface area contributed by atoms with Crippen LogP contribution in [0, 0.1) is 0 Å². The zero-order valence-corrected chi connectivity index (χ0v) is 18.5. The fourth-order valence-corrected chi connectivity index (χ4v) is 8.62. The Balaban J connectivity index is 1.89. The Morgan fingerprint density at radius 2 is 1.11 bits per heavy atom. The Morgan fingerprint density at radius 3 is 1.44 bits per heavy atom. The molecule has 154 valence electrons. The highest BCUT2D eigenvalue weighted by atomic mass is 32.2. The summed E-state index contributed by atoms with van der Waals surface area (Å²) in [5.41, 5.74) is 0. The number of amides is 2. The second-order valence-electron chi connectivity index (χ2n) is 8.40. The van der Waals surface area contributed by atoms with Crippen molar-refractivity contribution in [3.63, 3.8) is 0 Å². The Morgan fingerprint density at radius 1 is 0.704 bits per heavy atom. The van der Waals surface area contributed by atoms with Gasteiger partial charge in [0.15, 0.2) is 0 Å². The molecule has 7 heteroatoms. The number of carbonyl (C=O) groups excluding carboxylic acids is 2. The number of hydrogen-bond donors (Lipinski definition) is 0.